The second kappa shape index (κ2) is 8.87. The Morgan fingerprint density at radius 2 is 2.08 bits per heavy atom. The summed E-state index contributed by atoms with van der Waals surface area (Å²) >= 11 is 0. The number of hydrogen-bond acceptors (Lipinski definition) is 3. The topological polar surface area (TPSA) is 38.5 Å². The lowest BCUT2D eigenvalue weighted by Gasteiger charge is -2.18. The smallest absolute Gasteiger partial charge is 0.0870 e. The SMILES string of the molecule is Cl.Cl.NCCON1C=CC=CC1. The maximum absolute atomic E-state index is 5.25. The van der Waals surface area contributed by atoms with E-state index in [0.29, 0.717) is 13.2 Å². The van der Waals surface area contributed by atoms with Gasteiger partial charge in [0, 0.05) is 12.7 Å². The maximum Gasteiger partial charge on any atom is 0.0870 e. The number of hydrogen-bond donors (Lipinski definition) is 1. The molecule has 0 aliphatic carbocycles. The highest BCUT2D eigenvalue weighted by Gasteiger charge is 1.96. The highest BCUT2D eigenvalue weighted by atomic mass is 35.5. The first kappa shape index (κ1) is 14.3. The number of rotatable bonds is 3. The third-order valence-corrected chi connectivity index (χ3v) is 1.16. The van der Waals surface area contributed by atoms with Gasteiger partial charge in [0.1, 0.15) is 0 Å². The molecule has 0 spiro atoms. The molecule has 3 nitrogen and oxygen atoms in total. The molecule has 0 bridgehead atoms. The largest absolute Gasteiger partial charge is 0.328 e. The summed E-state index contributed by atoms with van der Waals surface area (Å²) in [6, 6.07) is 0. The Morgan fingerprint density at radius 1 is 1.33 bits per heavy atom. The van der Waals surface area contributed by atoms with Crippen molar-refractivity contribution in [1.29, 1.82) is 0 Å². The molecule has 0 radical (unpaired) electrons. The molecular weight excluding hydrogens is 199 g/mol. The summed E-state index contributed by atoms with van der Waals surface area (Å²) in [5.41, 5.74) is 5.25. The van der Waals surface area contributed by atoms with E-state index in [1.165, 1.54) is 0 Å². The van der Waals surface area contributed by atoms with Gasteiger partial charge in [0.05, 0.1) is 13.2 Å². The average Bonchev–Trinajstić information content (AvgIpc) is 2.03. The number of halogens is 2. The summed E-state index contributed by atoms with van der Waals surface area (Å²) in [5.74, 6) is 0. The van der Waals surface area contributed by atoms with Crippen molar-refractivity contribution in [2.45, 2.75) is 0 Å². The second-order valence-electron chi connectivity index (χ2n) is 1.99. The van der Waals surface area contributed by atoms with Crippen molar-refractivity contribution >= 4 is 24.8 Å². The molecule has 0 atom stereocenters. The molecule has 1 aliphatic rings. The highest BCUT2D eigenvalue weighted by molar-refractivity contribution is 5.85. The van der Waals surface area contributed by atoms with E-state index in [1.54, 1.807) is 5.06 Å². The Labute approximate surface area is 85.0 Å². The predicted molar refractivity (Wildman–Crippen MR) is 54.5 cm³/mol. The van der Waals surface area contributed by atoms with Crippen LogP contribution in [0.3, 0.4) is 0 Å². The summed E-state index contributed by atoms with van der Waals surface area (Å²) in [6.07, 6.45) is 7.83. The monoisotopic (exact) mass is 212 g/mol. The lowest BCUT2D eigenvalue weighted by Crippen LogP contribution is -2.23. The lowest BCUT2D eigenvalue weighted by atomic mass is 10.4. The fraction of sp³-hybridized carbons (Fsp3) is 0.429. The molecule has 0 saturated carbocycles. The number of nitrogens with two attached hydrogens (primary N) is 1. The van der Waals surface area contributed by atoms with Gasteiger partial charge in [-0.05, 0) is 6.08 Å². The third-order valence-electron chi connectivity index (χ3n) is 1.16. The van der Waals surface area contributed by atoms with E-state index in [9.17, 15) is 0 Å². The molecule has 2 N–H and O–H groups in total. The van der Waals surface area contributed by atoms with Crippen molar-refractivity contribution in [2.24, 2.45) is 5.73 Å². The van der Waals surface area contributed by atoms with E-state index in [4.69, 9.17) is 10.6 Å². The van der Waals surface area contributed by atoms with Crippen LogP contribution in [-0.4, -0.2) is 24.8 Å². The summed E-state index contributed by atoms with van der Waals surface area (Å²) in [7, 11) is 0. The van der Waals surface area contributed by atoms with E-state index in [-0.39, 0.29) is 24.8 Å². The zero-order valence-electron chi connectivity index (χ0n) is 6.68. The van der Waals surface area contributed by atoms with Crippen LogP contribution < -0.4 is 5.73 Å². The van der Waals surface area contributed by atoms with Gasteiger partial charge >= 0.3 is 0 Å². The Bertz CT molecular complexity index is 150. The van der Waals surface area contributed by atoms with E-state index in [2.05, 4.69) is 0 Å². The Kier molecular flexibility index (Phi) is 10.6. The number of hydroxylamine groups is 2. The highest BCUT2D eigenvalue weighted by Crippen LogP contribution is 1.97. The van der Waals surface area contributed by atoms with Crippen molar-refractivity contribution in [1.82, 2.24) is 5.06 Å². The molecule has 0 aromatic carbocycles. The fourth-order valence-corrected chi connectivity index (χ4v) is 0.716. The van der Waals surface area contributed by atoms with Gasteiger partial charge in [0.2, 0.25) is 0 Å². The molecule has 0 aromatic heterocycles. The van der Waals surface area contributed by atoms with Crippen LogP contribution in [0, 0.1) is 0 Å². The standard InChI is InChI=1S/C7H12N2O.2ClH/c8-4-7-10-9-5-2-1-3-6-9;;/h1-3,5H,4,6-8H2;2*1H. The summed E-state index contributed by atoms with van der Waals surface area (Å²) in [6.45, 7) is 1.96. The predicted octanol–water partition coefficient (Wildman–Crippen LogP) is 1.11. The van der Waals surface area contributed by atoms with E-state index in [0.717, 1.165) is 6.54 Å². The Morgan fingerprint density at radius 3 is 2.58 bits per heavy atom. The number of nitrogens with zero attached hydrogens (tertiary/aromatic N) is 1. The fourth-order valence-electron chi connectivity index (χ4n) is 0.716. The average molecular weight is 213 g/mol. The van der Waals surface area contributed by atoms with Crippen molar-refractivity contribution < 1.29 is 4.84 Å². The minimum atomic E-state index is 0. The molecule has 1 rings (SSSR count). The normalized spacial score (nSPS) is 13.6. The van der Waals surface area contributed by atoms with Crippen LogP contribution in [0.25, 0.3) is 0 Å². The molecular formula is C7H14Cl2N2O. The van der Waals surface area contributed by atoms with Gasteiger partial charge in [-0.3, -0.25) is 9.90 Å². The summed E-state index contributed by atoms with van der Waals surface area (Å²) < 4.78 is 0. The van der Waals surface area contributed by atoms with Crippen LogP contribution in [0.5, 0.6) is 0 Å². The minimum absolute atomic E-state index is 0. The molecule has 0 unspecified atom stereocenters. The quantitative estimate of drug-likeness (QED) is 0.763. The van der Waals surface area contributed by atoms with Gasteiger partial charge < -0.3 is 5.73 Å². The van der Waals surface area contributed by atoms with Crippen molar-refractivity contribution in [3.8, 4) is 0 Å². The first-order valence-corrected chi connectivity index (χ1v) is 3.36. The maximum atomic E-state index is 5.25. The van der Waals surface area contributed by atoms with E-state index in [1.807, 2.05) is 24.4 Å². The number of allylic oxidation sites excluding steroid dienone is 2. The lowest BCUT2D eigenvalue weighted by molar-refractivity contribution is -0.109. The van der Waals surface area contributed by atoms with Gasteiger partial charge in [-0.2, -0.15) is 0 Å². The van der Waals surface area contributed by atoms with Gasteiger partial charge in [-0.1, -0.05) is 12.2 Å². The molecule has 1 heterocycles. The molecule has 72 valence electrons. The Hall–Kier alpha value is -0.220. The van der Waals surface area contributed by atoms with Crippen LogP contribution in [0.2, 0.25) is 0 Å². The van der Waals surface area contributed by atoms with Crippen LogP contribution in [0.15, 0.2) is 24.4 Å². The van der Waals surface area contributed by atoms with Crippen LogP contribution in [0.4, 0.5) is 0 Å². The van der Waals surface area contributed by atoms with Gasteiger partial charge in [0.15, 0.2) is 0 Å². The molecule has 0 aromatic rings. The van der Waals surface area contributed by atoms with Crippen molar-refractivity contribution in [3.63, 3.8) is 0 Å². The van der Waals surface area contributed by atoms with Gasteiger partial charge in [-0.15, -0.1) is 24.8 Å². The van der Waals surface area contributed by atoms with Crippen molar-refractivity contribution in [3.05, 3.63) is 24.4 Å². The van der Waals surface area contributed by atoms with Gasteiger partial charge in [0.25, 0.3) is 0 Å². The molecule has 5 heteroatoms. The second-order valence-corrected chi connectivity index (χ2v) is 1.99. The van der Waals surface area contributed by atoms with E-state index < -0.39 is 0 Å². The van der Waals surface area contributed by atoms with Crippen LogP contribution >= 0.6 is 24.8 Å². The first-order valence-electron chi connectivity index (χ1n) is 3.36. The first-order chi connectivity index (χ1) is 4.93. The molecule has 1 aliphatic heterocycles. The van der Waals surface area contributed by atoms with Gasteiger partial charge in [-0.25, -0.2) is 0 Å². The molecule has 0 amide bonds. The van der Waals surface area contributed by atoms with Crippen LogP contribution in [-0.2, 0) is 4.84 Å². The summed E-state index contributed by atoms with van der Waals surface area (Å²) in [4.78, 5) is 5.20. The van der Waals surface area contributed by atoms with Crippen LogP contribution in [0.1, 0.15) is 0 Å². The van der Waals surface area contributed by atoms with Crippen molar-refractivity contribution in [2.75, 3.05) is 19.7 Å². The van der Waals surface area contributed by atoms with E-state index >= 15 is 0 Å². The summed E-state index contributed by atoms with van der Waals surface area (Å²) in [5, 5.41) is 1.76. The minimum Gasteiger partial charge on any atom is -0.328 e. The molecule has 0 saturated heterocycles. The zero-order chi connectivity index (χ0) is 7.23. The third kappa shape index (κ3) is 5.43. The Balaban J connectivity index is 0. The zero-order valence-corrected chi connectivity index (χ0v) is 8.31. The molecule has 0 fully saturated rings. The molecule has 12 heavy (non-hydrogen) atoms.